The lowest BCUT2D eigenvalue weighted by Crippen LogP contribution is -2.08. The van der Waals surface area contributed by atoms with Crippen molar-refractivity contribution in [3.8, 4) is 17.4 Å². The Balaban J connectivity index is 2.37. The molecular formula is C14H17BrN4O. The van der Waals surface area contributed by atoms with Gasteiger partial charge >= 0.3 is 6.01 Å². The molecule has 0 aliphatic carbocycles. The van der Waals surface area contributed by atoms with E-state index in [2.05, 4.69) is 36.2 Å². The Hall–Kier alpha value is -1.69. The molecule has 1 heterocycles. The zero-order valence-electron chi connectivity index (χ0n) is 11.6. The van der Waals surface area contributed by atoms with Gasteiger partial charge in [-0.15, -0.1) is 0 Å². The van der Waals surface area contributed by atoms with E-state index in [-0.39, 0.29) is 0 Å². The fraction of sp³-hybridized carbons (Fsp3) is 0.357. The smallest absolute Gasteiger partial charge is 0.321 e. The van der Waals surface area contributed by atoms with Crippen LogP contribution in [-0.2, 0) is 0 Å². The summed E-state index contributed by atoms with van der Waals surface area (Å²) in [4.78, 5) is 13.0. The van der Waals surface area contributed by atoms with Crippen molar-refractivity contribution >= 4 is 21.9 Å². The predicted octanol–water partition coefficient (Wildman–Crippen LogP) is 3.52. The van der Waals surface area contributed by atoms with E-state index in [0.717, 1.165) is 23.0 Å². The largest absolute Gasteiger partial charge is 0.463 e. The van der Waals surface area contributed by atoms with Crippen molar-refractivity contribution in [1.82, 2.24) is 15.0 Å². The number of hydrogen-bond donors (Lipinski definition) is 1. The van der Waals surface area contributed by atoms with E-state index < -0.39 is 0 Å². The number of hydrogen-bond acceptors (Lipinski definition) is 5. The Kier molecular flexibility index (Phi) is 5.29. The highest BCUT2D eigenvalue weighted by atomic mass is 79.9. The molecule has 0 aliphatic heterocycles. The van der Waals surface area contributed by atoms with Crippen LogP contribution in [0.5, 0.6) is 6.01 Å². The molecule has 2 aromatic rings. The molecule has 2 rings (SSSR count). The molecule has 1 aromatic heterocycles. The summed E-state index contributed by atoms with van der Waals surface area (Å²) in [6.07, 6.45) is 0.911. The van der Waals surface area contributed by atoms with E-state index in [9.17, 15) is 0 Å². The lowest BCUT2D eigenvalue weighted by atomic mass is 10.2. The molecule has 0 amide bonds. The van der Waals surface area contributed by atoms with E-state index in [1.54, 1.807) is 0 Å². The monoisotopic (exact) mass is 336 g/mol. The zero-order chi connectivity index (χ0) is 14.4. The quantitative estimate of drug-likeness (QED) is 0.874. The normalized spacial score (nSPS) is 10.3. The average Bonchev–Trinajstić information content (AvgIpc) is 2.45. The molecule has 106 valence electrons. The number of rotatable bonds is 6. The van der Waals surface area contributed by atoms with Crippen LogP contribution in [0.25, 0.3) is 11.4 Å². The van der Waals surface area contributed by atoms with Crippen LogP contribution in [0.4, 0.5) is 5.95 Å². The number of halogens is 1. The number of benzene rings is 1. The second kappa shape index (κ2) is 7.19. The first-order valence-corrected chi connectivity index (χ1v) is 7.41. The van der Waals surface area contributed by atoms with Crippen LogP contribution >= 0.6 is 15.9 Å². The summed E-state index contributed by atoms with van der Waals surface area (Å²) in [6, 6.07) is 8.19. The van der Waals surface area contributed by atoms with Crippen molar-refractivity contribution in [3.05, 3.63) is 28.7 Å². The Bertz CT molecular complexity index is 577. The number of nitrogens with zero attached hydrogens (tertiary/aromatic N) is 3. The van der Waals surface area contributed by atoms with Crippen molar-refractivity contribution in [3.63, 3.8) is 0 Å². The molecule has 0 aliphatic rings. The highest BCUT2D eigenvalue weighted by molar-refractivity contribution is 9.10. The minimum Gasteiger partial charge on any atom is -0.463 e. The first-order valence-electron chi connectivity index (χ1n) is 6.61. The van der Waals surface area contributed by atoms with Gasteiger partial charge in [0.2, 0.25) is 5.95 Å². The third-order valence-corrected chi connectivity index (χ3v) is 2.96. The molecule has 0 unspecified atom stereocenters. The van der Waals surface area contributed by atoms with Gasteiger partial charge in [0, 0.05) is 16.6 Å². The molecule has 0 spiro atoms. The standard InChI is InChI=1S/C14H17BrN4O/c1-3-8-20-14-18-12(17-13(19-14)16-4-2)10-6-5-7-11(15)9-10/h5-7,9H,3-4,8H2,1-2H3,(H,16,17,18,19). The van der Waals surface area contributed by atoms with Crippen molar-refractivity contribution in [2.24, 2.45) is 0 Å². The third-order valence-electron chi connectivity index (χ3n) is 2.47. The van der Waals surface area contributed by atoms with Crippen LogP contribution < -0.4 is 10.1 Å². The summed E-state index contributed by atoms with van der Waals surface area (Å²) in [6.45, 7) is 5.37. The third kappa shape index (κ3) is 3.90. The molecule has 0 fully saturated rings. The SMILES string of the molecule is CCCOc1nc(NCC)nc(-c2cccc(Br)c2)n1. The maximum Gasteiger partial charge on any atom is 0.321 e. The summed E-state index contributed by atoms with van der Waals surface area (Å²) < 4.78 is 6.50. The molecule has 20 heavy (non-hydrogen) atoms. The minimum absolute atomic E-state index is 0.354. The van der Waals surface area contributed by atoms with Gasteiger partial charge in [0.15, 0.2) is 5.82 Å². The average molecular weight is 337 g/mol. The lowest BCUT2D eigenvalue weighted by Gasteiger charge is -2.08. The van der Waals surface area contributed by atoms with Gasteiger partial charge < -0.3 is 10.1 Å². The molecule has 0 atom stereocenters. The van der Waals surface area contributed by atoms with E-state index in [1.165, 1.54) is 0 Å². The second-order valence-electron chi connectivity index (χ2n) is 4.15. The van der Waals surface area contributed by atoms with Gasteiger partial charge in [0.05, 0.1) is 6.61 Å². The van der Waals surface area contributed by atoms with E-state index in [1.807, 2.05) is 38.1 Å². The summed E-state index contributed by atoms with van der Waals surface area (Å²) >= 11 is 3.45. The number of ether oxygens (including phenoxy) is 1. The van der Waals surface area contributed by atoms with Crippen LogP contribution in [0.1, 0.15) is 20.3 Å². The first-order chi connectivity index (χ1) is 9.72. The molecule has 1 N–H and O–H groups in total. The summed E-state index contributed by atoms with van der Waals surface area (Å²) in [5.41, 5.74) is 0.919. The van der Waals surface area contributed by atoms with Gasteiger partial charge in [-0.1, -0.05) is 35.0 Å². The molecule has 6 heteroatoms. The number of nitrogens with one attached hydrogen (secondary N) is 1. The molecule has 5 nitrogen and oxygen atoms in total. The highest BCUT2D eigenvalue weighted by Crippen LogP contribution is 2.22. The first kappa shape index (κ1) is 14.7. The second-order valence-corrected chi connectivity index (χ2v) is 5.07. The molecule has 0 saturated carbocycles. The fourth-order valence-electron chi connectivity index (χ4n) is 1.61. The Morgan fingerprint density at radius 1 is 1.20 bits per heavy atom. The molecule has 1 aromatic carbocycles. The molecule has 0 bridgehead atoms. The number of aromatic nitrogens is 3. The van der Waals surface area contributed by atoms with Gasteiger partial charge in [-0.2, -0.15) is 15.0 Å². The predicted molar refractivity (Wildman–Crippen MR) is 82.9 cm³/mol. The van der Waals surface area contributed by atoms with Crippen LogP contribution in [0.2, 0.25) is 0 Å². The van der Waals surface area contributed by atoms with Gasteiger partial charge in [-0.05, 0) is 25.5 Å². The maximum absolute atomic E-state index is 5.52. The van der Waals surface area contributed by atoms with Gasteiger partial charge in [0.1, 0.15) is 0 Å². The van der Waals surface area contributed by atoms with Crippen LogP contribution in [0.15, 0.2) is 28.7 Å². The maximum atomic E-state index is 5.52. The van der Waals surface area contributed by atoms with Crippen LogP contribution in [0.3, 0.4) is 0 Å². The van der Waals surface area contributed by atoms with Gasteiger partial charge in [-0.25, -0.2) is 0 Å². The fourth-order valence-corrected chi connectivity index (χ4v) is 2.01. The molecule has 0 radical (unpaired) electrons. The van der Waals surface area contributed by atoms with Gasteiger partial charge in [0.25, 0.3) is 0 Å². The van der Waals surface area contributed by atoms with Crippen LogP contribution in [-0.4, -0.2) is 28.1 Å². The zero-order valence-corrected chi connectivity index (χ0v) is 13.1. The lowest BCUT2D eigenvalue weighted by molar-refractivity contribution is 0.292. The van der Waals surface area contributed by atoms with Crippen molar-refractivity contribution in [2.45, 2.75) is 20.3 Å². The van der Waals surface area contributed by atoms with E-state index in [4.69, 9.17) is 4.74 Å². The number of anilines is 1. The van der Waals surface area contributed by atoms with Crippen molar-refractivity contribution in [2.75, 3.05) is 18.5 Å². The molecular weight excluding hydrogens is 320 g/mol. The highest BCUT2D eigenvalue weighted by Gasteiger charge is 2.09. The van der Waals surface area contributed by atoms with Gasteiger partial charge in [-0.3, -0.25) is 0 Å². The summed E-state index contributed by atoms with van der Waals surface area (Å²) in [5.74, 6) is 1.13. The summed E-state index contributed by atoms with van der Waals surface area (Å²) in [7, 11) is 0. The Labute approximate surface area is 127 Å². The summed E-state index contributed by atoms with van der Waals surface area (Å²) in [5, 5.41) is 3.10. The van der Waals surface area contributed by atoms with E-state index >= 15 is 0 Å². The molecule has 0 saturated heterocycles. The minimum atomic E-state index is 0.354. The van der Waals surface area contributed by atoms with Crippen molar-refractivity contribution < 1.29 is 4.74 Å². The van der Waals surface area contributed by atoms with Crippen LogP contribution in [0, 0.1) is 0 Å². The topological polar surface area (TPSA) is 59.9 Å². The van der Waals surface area contributed by atoms with E-state index in [0.29, 0.717) is 24.4 Å². The Morgan fingerprint density at radius 2 is 2.05 bits per heavy atom. The Morgan fingerprint density at radius 3 is 2.75 bits per heavy atom. The van der Waals surface area contributed by atoms with Crippen molar-refractivity contribution in [1.29, 1.82) is 0 Å².